The minimum atomic E-state index is -0.199. The summed E-state index contributed by atoms with van der Waals surface area (Å²) in [4.78, 5) is 20.3. The second-order valence-electron chi connectivity index (χ2n) is 4.25. The number of hydrogen-bond acceptors (Lipinski definition) is 3. The molecule has 3 rings (SSSR count). The van der Waals surface area contributed by atoms with Gasteiger partial charge in [0.25, 0.3) is 5.91 Å². The maximum absolute atomic E-state index is 12.2. The fraction of sp³-hybridized carbons (Fsp3) is 0. The van der Waals surface area contributed by atoms with Crippen LogP contribution < -0.4 is 5.32 Å². The number of aromatic nitrogens is 2. The molecule has 0 aliphatic heterocycles. The number of amides is 1. The second-order valence-corrected chi connectivity index (χ2v) is 5.16. The van der Waals surface area contributed by atoms with Crippen LogP contribution in [0.5, 0.6) is 0 Å². The van der Waals surface area contributed by atoms with Crippen molar-refractivity contribution in [1.82, 2.24) is 9.97 Å². The number of carbonyl (C=O) groups excluding carboxylic acids is 1. The highest BCUT2D eigenvalue weighted by atomic mass is 79.9. The molecule has 1 amide bonds. The average molecular weight is 328 g/mol. The van der Waals surface area contributed by atoms with Crippen LogP contribution in [0.4, 0.5) is 5.69 Å². The van der Waals surface area contributed by atoms with Crippen molar-refractivity contribution in [3.8, 4) is 0 Å². The highest BCUT2D eigenvalue weighted by Gasteiger charge is 2.09. The predicted molar refractivity (Wildman–Crippen MR) is 81.6 cm³/mol. The van der Waals surface area contributed by atoms with E-state index in [1.165, 1.54) is 6.20 Å². The van der Waals surface area contributed by atoms with Gasteiger partial charge in [0.2, 0.25) is 0 Å². The fourth-order valence-electron chi connectivity index (χ4n) is 1.95. The van der Waals surface area contributed by atoms with E-state index in [4.69, 9.17) is 0 Å². The first-order valence-corrected chi connectivity index (χ1v) is 6.78. The molecule has 0 aliphatic carbocycles. The summed E-state index contributed by atoms with van der Waals surface area (Å²) < 4.78 is 0.768. The van der Waals surface area contributed by atoms with Crippen molar-refractivity contribution in [2.45, 2.75) is 0 Å². The minimum absolute atomic E-state index is 0.199. The molecule has 20 heavy (non-hydrogen) atoms. The lowest BCUT2D eigenvalue weighted by atomic mass is 10.1. The van der Waals surface area contributed by atoms with Gasteiger partial charge in [0.05, 0.1) is 11.3 Å². The average Bonchev–Trinajstić information content (AvgIpc) is 2.47. The molecule has 0 bridgehead atoms. The topological polar surface area (TPSA) is 54.9 Å². The van der Waals surface area contributed by atoms with E-state index in [0.29, 0.717) is 5.56 Å². The molecular weight excluding hydrogens is 318 g/mol. The molecule has 3 aromatic rings. The number of anilines is 1. The highest BCUT2D eigenvalue weighted by Crippen LogP contribution is 2.22. The third-order valence-corrected chi connectivity index (χ3v) is 3.33. The van der Waals surface area contributed by atoms with Crippen molar-refractivity contribution in [3.63, 3.8) is 0 Å². The third kappa shape index (κ3) is 2.53. The molecule has 2 aromatic heterocycles. The van der Waals surface area contributed by atoms with Gasteiger partial charge in [0, 0.05) is 34.6 Å². The van der Waals surface area contributed by atoms with Crippen LogP contribution in [-0.2, 0) is 0 Å². The van der Waals surface area contributed by atoms with E-state index < -0.39 is 0 Å². The van der Waals surface area contributed by atoms with Gasteiger partial charge in [-0.2, -0.15) is 0 Å². The predicted octanol–water partition coefficient (Wildman–Crippen LogP) is 3.64. The molecule has 4 nitrogen and oxygen atoms in total. The molecule has 0 radical (unpaired) electrons. The molecule has 0 saturated carbocycles. The summed E-state index contributed by atoms with van der Waals surface area (Å²) in [6.45, 7) is 0. The molecule has 1 N–H and O–H groups in total. The quantitative estimate of drug-likeness (QED) is 0.781. The van der Waals surface area contributed by atoms with Gasteiger partial charge in [-0.3, -0.25) is 14.8 Å². The summed E-state index contributed by atoms with van der Waals surface area (Å²) >= 11 is 3.30. The molecule has 0 aliphatic rings. The molecule has 0 spiro atoms. The monoisotopic (exact) mass is 327 g/mol. The Kier molecular flexibility index (Phi) is 3.43. The lowest BCUT2D eigenvalue weighted by Crippen LogP contribution is -2.12. The van der Waals surface area contributed by atoms with Crippen LogP contribution in [0.2, 0.25) is 0 Å². The molecule has 0 unspecified atom stereocenters. The minimum Gasteiger partial charge on any atom is -0.321 e. The maximum atomic E-state index is 12.2. The first-order chi connectivity index (χ1) is 9.74. The Morgan fingerprint density at radius 2 is 2.00 bits per heavy atom. The van der Waals surface area contributed by atoms with E-state index in [1.54, 1.807) is 24.7 Å². The van der Waals surface area contributed by atoms with Crippen molar-refractivity contribution in [3.05, 3.63) is 65.2 Å². The lowest BCUT2D eigenvalue weighted by molar-refractivity contribution is 0.102. The first kappa shape index (κ1) is 12.7. The number of fused-ring (bicyclic) bond motifs is 1. The van der Waals surface area contributed by atoms with Crippen molar-refractivity contribution in [2.24, 2.45) is 0 Å². The third-order valence-electron chi connectivity index (χ3n) is 2.90. The van der Waals surface area contributed by atoms with E-state index in [9.17, 15) is 4.79 Å². The highest BCUT2D eigenvalue weighted by molar-refractivity contribution is 9.10. The standard InChI is InChI=1S/C15H10BrN3O/c16-12-6-11(7-18-8-12)15(20)19-14-3-1-2-10-4-5-17-9-13(10)14/h1-9H,(H,19,20). The van der Waals surface area contributed by atoms with Gasteiger partial charge in [-0.05, 0) is 39.5 Å². The zero-order valence-electron chi connectivity index (χ0n) is 10.4. The molecule has 2 heterocycles. The Balaban J connectivity index is 1.95. The van der Waals surface area contributed by atoms with Gasteiger partial charge in [-0.1, -0.05) is 12.1 Å². The van der Waals surface area contributed by atoms with E-state index >= 15 is 0 Å². The van der Waals surface area contributed by atoms with Crippen molar-refractivity contribution < 1.29 is 4.79 Å². The second kappa shape index (κ2) is 5.38. The summed E-state index contributed by atoms with van der Waals surface area (Å²) in [5.41, 5.74) is 1.24. The number of carbonyl (C=O) groups is 1. The molecule has 1 aromatic carbocycles. The van der Waals surface area contributed by atoms with Gasteiger partial charge in [0.15, 0.2) is 0 Å². The lowest BCUT2D eigenvalue weighted by Gasteiger charge is -2.08. The number of nitrogens with zero attached hydrogens (tertiary/aromatic N) is 2. The van der Waals surface area contributed by atoms with E-state index in [-0.39, 0.29) is 5.91 Å². The molecule has 0 atom stereocenters. The zero-order chi connectivity index (χ0) is 13.9. The number of rotatable bonds is 2. The Hall–Kier alpha value is -2.27. The number of halogens is 1. The number of nitrogens with one attached hydrogen (secondary N) is 1. The SMILES string of the molecule is O=C(Nc1cccc2ccncc12)c1cncc(Br)c1. The van der Waals surface area contributed by atoms with E-state index in [0.717, 1.165) is 20.9 Å². The molecule has 0 saturated heterocycles. The first-order valence-electron chi connectivity index (χ1n) is 5.99. The van der Waals surface area contributed by atoms with Crippen LogP contribution in [0.25, 0.3) is 10.8 Å². The van der Waals surface area contributed by atoms with Crippen LogP contribution in [-0.4, -0.2) is 15.9 Å². The van der Waals surface area contributed by atoms with Gasteiger partial charge >= 0.3 is 0 Å². The number of pyridine rings is 2. The van der Waals surface area contributed by atoms with E-state index in [1.807, 2.05) is 24.3 Å². The van der Waals surface area contributed by atoms with Gasteiger partial charge in [0.1, 0.15) is 0 Å². The van der Waals surface area contributed by atoms with Crippen molar-refractivity contribution in [2.75, 3.05) is 5.32 Å². The normalized spacial score (nSPS) is 10.4. The Bertz CT molecular complexity index is 783. The summed E-state index contributed by atoms with van der Waals surface area (Å²) in [7, 11) is 0. The fourth-order valence-corrected chi connectivity index (χ4v) is 2.32. The van der Waals surface area contributed by atoms with Crippen LogP contribution in [0.3, 0.4) is 0 Å². The smallest absolute Gasteiger partial charge is 0.257 e. The maximum Gasteiger partial charge on any atom is 0.257 e. The zero-order valence-corrected chi connectivity index (χ0v) is 12.0. The summed E-state index contributed by atoms with van der Waals surface area (Å²) in [6.07, 6.45) is 6.64. The van der Waals surface area contributed by atoms with Gasteiger partial charge in [-0.25, -0.2) is 0 Å². The summed E-state index contributed by atoms with van der Waals surface area (Å²) in [5.74, 6) is -0.199. The van der Waals surface area contributed by atoms with Crippen LogP contribution in [0.15, 0.2) is 59.6 Å². The van der Waals surface area contributed by atoms with Gasteiger partial charge in [-0.15, -0.1) is 0 Å². The molecule has 98 valence electrons. The number of benzene rings is 1. The summed E-state index contributed by atoms with van der Waals surface area (Å²) in [5, 5.41) is 4.83. The van der Waals surface area contributed by atoms with E-state index in [2.05, 4.69) is 31.2 Å². The summed E-state index contributed by atoms with van der Waals surface area (Å²) in [6, 6.07) is 9.37. The van der Waals surface area contributed by atoms with Crippen LogP contribution in [0.1, 0.15) is 10.4 Å². The van der Waals surface area contributed by atoms with Crippen LogP contribution >= 0.6 is 15.9 Å². The molecule has 5 heteroatoms. The Labute approximate surface area is 124 Å². The Morgan fingerprint density at radius 1 is 1.10 bits per heavy atom. The largest absolute Gasteiger partial charge is 0.321 e. The van der Waals surface area contributed by atoms with Crippen molar-refractivity contribution >= 4 is 38.3 Å². The Morgan fingerprint density at radius 3 is 2.85 bits per heavy atom. The van der Waals surface area contributed by atoms with Crippen LogP contribution in [0, 0.1) is 0 Å². The van der Waals surface area contributed by atoms with Crippen molar-refractivity contribution in [1.29, 1.82) is 0 Å². The number of hydrogen-bond donors (Lipinski definition) is 1. The molecule has 0 fully saturated rings. The molecular formula is C15H10BrN3O. The van der Waals surface area contributed by atoms with Gasteiger partial charge < -0.3 is 5.32 Å².